The maximum absolute atomic E-state index is 2.33. The zero-order chi connectivity index (χ0) is 6.20. The standard InChI is InChI=1S/C7H15N/c1-7(8(2)3)5-4-6-7/h4-6H2,1-3H3. The van der Waals surface area contributed by atoms with E-state index in [1.807, 2.05) is 0 Å². The zero-order valence-corrected chi connectivity index (χ0v) is 6.07. The highest BCUT2D eigenvalue weighted by molar-refractivity contribution is 4.90. The first-order valence-electron chi connectivity index (χ1n) is 3.33. The predicted molar refractivity (Wildman–Crippen MR) is 35.9 cm³/mol. The number of nitrogens with zero attached hydrogens (tertiary/aromatic N) is 1. The van der Waals surface area contributed by atoms with Gasteiger partial charge in [-0.15, -0.1) is 0 Å². The van der Waals surface area contributed by atoms with Crippen molar-refractivity contribution in [2.45, 2.75) is 31.7 Å². The van der Waals surface area contributed by atoms with Crippen molar-refractivity contribution >= 4 is 0 Å². The summed E-state index contributed by atoms with van der Waals surface area (Å²) < 4.78 is 0. The van der Waals surface area contributed by atoms with E-state index >= 15 is 0 Å². The molecule has 8 heavy (non-hydrogen) atoms. The smallest absolute Gasteiger partial charge is 0.0175 e. The maximum Gasteiger partial charge on any atom is 0.0175 e. The van der Waals surface area contributed by atoms with E-state index in [1.54, 1.807) is 0 Å². The van der Waals surface area contributed by atoms with Crippen LogP contribution in [0.25, 0.3) is 0 Å². The van der Waals surface area contributed by atoms with Gasteiger partial charge in [-0.25, -0.2) is 0 Å². The molecule has 1 fully saturated rings. The molecule has 0 atom stereocenters. The SMILES string of the molecule is CN(C)C1(C)CCC1. The minimum absolute atomic E-state index is 0.556. The number of hydrogen-bond donors (Lipinski definition) is 0. The van der Waals surface area contributed by atoms with E-state index in [9.17, 15) is 0 Å². The van der Waals surface area contributed by atoms with E-state index in [4.69, 9.17) is 0 Å². The first kappa shape index (κ1) is 6.09. The molecule has 0 aromatic heterocycles. The minimum atomic E-state index is 0.556. The average Bonchev–Trinajstić information content (AvgIpc) is 1.60. The molecule has 0 heterocycles. The van der Waals surface area contributed by atoms with Crippen molar-refractivity contribution in [3.8, 4) is 0 Å². The van der Waals surface area contributed by atoms with Gasteiger partial charge in [-0.1, -0.05) is 0 Å². The molecule has 0 radical (unpaired) electrons. The molecule has 1 rings (SSSR count). The summed E-state index contributed by atoms with van der Waals surface area (Å²) in [5.74, 6) is 0. The molecule has 1 heteroatoms. The van der Waals surface area contributed by atoms with Crippen LogP contribution in [0.5, 0.6) is 0 Å². The van der Waals surface area contributed by atoms with Crippen molar-refractivity contribution in [1.82, 2.24) is 4.90 Å². The first-order valence-corrected chi connectivity index (χ1v) is 3.33. The molecule has 0 aromatic rings. The highest BCUT2D eigenvalue weighted by atomic mass is 15.1. The van der Waals surface area contributed by atoms with Crippen LogP contribution < -0.4 is 0 Å². The van der Waals surface area contributed by atoms with Crippen molar-refractivity contribution in [2.75, 3.05) is 14.1 Å². The van der Waals surface area contributed by atoms with Crippen molar-refractivity contribution in [3.05, 3.63) is 0 Å². The van der Waals surface area contributed by atoms with Gasteiger partial charge < -0.3 is 4.90 Å². The van der Waals surface area contributed by atoms with Gasteiger partial charge in [0.2, 0.25) is 0 Å². The Kier molecular flexibility index (Phi) is 1.31. The molecule has 0 N–H and O–H groups in total. The molecule has 1 saturated carbocycles. The first-order chi connectivity index (χ1) is 3.65. The highest BCUT2D eigenvalue weighted by Gasteiger charge is 2.33. The number of rotatable bonds is 1. The van der Waals surface area contributed by atoms with Gasteiger partial charge in [-0.05, 0) is 40.3 Å². The Labute approximate surface area is 51.7 Å². The molecule has 48 valence electrons. The van der Waals surface area contributed by atoms with Gasteiger partial charge in [0.05, 0.1) is 0 Å². The Bertz CT molecular complexity index is 82.4. The Morgan fingerprint density at radius 1 is 1.25 bits per heavy atom. The van der Waals surface area contributed by atoms with Gasteiger partial charge in [0, 0.05) is 5.54 Å². The van der Waals surface area contributed by atoms with Crippen LogP contribution >= 0.6 is 0 Å². The second kappa shape index (κ2) is 1.73. The van der Waals surface area contributed by atoms with Gasteiger partial charge in [0.25, 0.3) is 0 Å². The average molecular weight is 113 g/mol. The van der Waals surface area contributed by atoms with Gasteiger partial charge in [-0.2, -0.15) is 0 Å². The predicted octanol–water partition coefficient (Wildman–Crippen LogP) is 1.49. The summed E-state index contributed by atoms with van der Waals surface area (Å²) in [4.78, 5) is 2.33. The molecule has 0 saturated heterocycles. The molecule has 0 unspecified atom stereocenters. The largest absolute Gasteiger partial charge is 0.304 e. The molecule has 1 aliphatic rings. The van der Waals surface area contributed by atoms with Gasteiger partial charge in [-0.3, -0.25) is 0 Å². The maximum atomic E-state index is 2.33. The lowest BCUT2D eigenvalue weighted by atomic mass is 9.78. The molecule has 0 amide bonds. The second-order valence-corrected chi connectivity index (χ2v) is 3.24. The van der Waals surface area contributed by atoms with Crippen LogP contribution in [-0.2, 0) is 0 Å². The van der Waals surface area contributed by atoms with E-state index in [0.717, 1.165) is 0 Å². The van der Waals surface area contributed by atoms with Crippen molar-refractivity contribution in [2.24, 2.45) is 0 Å². The lowest BCUT2D eigenvalue weighted by molar-refractivity contribution is 0.0805. The summed E-state index contributed by atoms with van der Waals surface area (Å²) in [5, 5.41) is 0. The van der Waals surface area contributed by atoms with Crippen LogP contribution in [0.2, 0.25) is 0 Å². The highest BCUT2D eigenvalue weighted by Crippen LogP contribution is 2.34. The van der Waals surface area contributed by atoms with E-state index in [1.165, 1.54) is 19.3 Å². The van der Waals surface area contributed by atoms with Crippen LogP contribution in [-0.4, -0.2) is 24.5 Å². The second-order valence-electron chi connectivity index (χ2n) is 3.24. The topological polar surface area (TPSA) is 3.24 Å². The van der Waals surface area contributed by atoms with Crippen LogP contribution in [0.1, 0.15) is 26.2 Å². The summed E-state index contributed by atoms with van der Waals surface area (Å²) in [7, 11) is 4.33. The summed E-state index contributed by atoms with van der Waals surface area (Å²) in [6.07, 6.45) is 4.20. The van der Waals surface area contributed by atoms with Gasteiger partial charge in [0.1, 0.15) is 0 Å². The summed E-state index contributed by atoms with van der Waals surface area (Å²) >= 11 is 0. The molecular weight excluding hydrogens is 98.1 g/mol. The molecule has 1 aliphatic carbocycles. The zero-order valence-electron chi connectivity index (χ0n) is 6.07. The third kappa shape index (κ3) is 0.752. The fraction of sp³-hybridized carbons (Fsp3) is 1.00. The summed E-state index contributed by atoms with van der Waals surface area (Å²) in [5.41, 5.74) is 0.556. The van der Waals surface area contributed by atoms with Gasteiger partial charge >= 0.3 is 0 Å². The lowest BCUT2D eigenvalue weighted by Gasteiger charge is -2.44. The third-order valence-corrected chi connectivity index (χ3v) is 2.51. The summed E-state index contributed by atoms with van der Waals surface area (Å²) in [6, 6.07) is 0. The van der Waals surface area contributed by atoms with Gasteiger partial charge in [0.15, 0.2) is 0 Å². The van der Waals surface area contributed by atoms with E-state index in [2.05, 4.69) is 25.9 Å². The fourth-order valence-electron chi connectivity index (χ4n) is 1.14. The lowest BCUT2D eigenvalue weighted by Crippen LogP contribution is -2.46. The van der Waals surface area contributed by atoms with E-state index < -0.39 is 0 Å². The van der Waals surface area contributed by atoms with E-state index in [-0.39, 0.29) is 0 Å². The number of hydrogen-bond acceptors (Lipinski definition) is 1. The summed E-state index contributed by atoms with van der Waals surface area (Å²) in [6.45, 7) is 2.33. The van der Waals surface area contributed by atoms with Crippen molar-refractivity contribution in [3.63, 3.8) is 0 Å². The Morgan fingerprint density at radius 3 is 1.75 bits per heavy atom. The van der Waals surface area contributed by atoms with E-state index in [0.29, 0.717) is 5.54 Å². The van der Waals surface area contributed by atoms with Crippen LogP contribution in [0.15, 0.2) is 0 Å². The molecule has 0 aromatic carbocycles. The Morgan fingerprint density at radius 2 is 1.75 bits per heavy atom. The quantitative estimate of drug-likeness (QED) is 0.498. The van der Waals surface area contributed by atoms with Crippen LogP contribution in [0.3, 0.4) is 0 Å². The van der Waals surface area contributed by atoms with Crippen LogP contribution in [0.4, 0.5) is 0 Å². The van der Waals surface area contributed by atoms with Crippen LogP contribution in [0, 0.1) is 0 Å². The monoisotopic (exact) mass is 113 g/mol. The Balaban J connectivity index is 2.41. The van der Waals surface area contributed by atoms with Crippen molar-refractivity contribution in [1.29, 1.82) is 0 Å². The minimum Gasteiger partial charge on any atom is -0.304 e. The fourth-order valence-corrected chi connectivity index (χ4v) is 1.14. The molecule has 0 spiro atoms. The molecule has 1 nitrogen and oxygen atoms in total. The molecular formula is C7H15N. The van der Waals surface area contributed by atoms with Crippen molar-refractivity contribution < 1.29 is 0 Å². The third-order valence-electron chi connectivity index (χ3n) is 2.51. The molecule has 0 aliphatic heterocycles. The molecule has 0 bridgehead atoms. The Hall–Kier alpha value is -0.0400. The normalized spacial score (nSPS) is 25.5.